The maximum Gasteiger partial charge on any atom is 0.248 e. The number of amides is 2. The molecule has 27 heavy (non-hydrogen) atoms. The zero-order chi connectivity index (χ0) is 19.1. The number of piperidine rings is 1. The first-order valence-electron chi connectivity index (χ1n) is 9.31. The van der Waals surface area contributed by atoms with Gasteiger partial charge in [0.05, 0.1) is 12.2 Å². The molecular formula is C20H26N4O3. The standard InChI is InChI=1S/C20H26N4O3/c1-27-15-20(26)23-13-10-17(11-14-23)24-18(9-12-21-24)22-19(25)8-7-16-5-3-2-4-6-16/h2-6,9,12,17H,7-8,10-11,13-15H2,1H3,(H,22,25). The highest BCUT2D eigenvalue weighted by atomic mass is 16.5. The Morgan fingerprint density at radius 1 is 1.19 bits per heavy atom. The topological polar surface area (TPSA) is 76.5 Å². The van der Waals surface area contributed by atoms with Crippen molar-refractivity contribution >= 4 is 17.6 Å². The second-order valence-corrected chi connectivity index (χ2v) is 6.74. The predicted molar refractivity (Wildman–Crippen MR) is 102 cm³/mol. The van der Waals surface area contributed by atoms with Gasteiger partial charge in [-0.15, -0.1) is 0 Å². The zero-order valence-electron chi connectivity index (χ0n) is 15.6. The Hall–Kier alpha value is -2.67. The van der Waals surface area contributed by atoms with Crippen molar-refractivity contribution in [2.75, 3.05) is 32.1 Å². The molecule has 1 aliphatic rings. The molecule has 144 valence electrons. The van der Waals surface area contributed by atoms with Crippen LogP contribution in [0.5, 0.6) is 0 Å². The van der Waals surface area contributed by atoms with Crippen LogP contribution in [0.2, 0.25) is 0 Å². The van der Waals surface area contributed by atoms with Gasteiger partial charge < -0.3 is 15.0 Å². The van der Waals surface area contributed by atoms with Gasteiger partial charge in [-0.1, -0.05) is 30.3 Å². The molecule has 1 saturated heterocycles. The third kappa shape index (κ3) is 5.17. The molecule has 2 heterocycles. The van der Waals surface area contributed by atoms with E-state index in [2.05, 4.69) is 10.4 Å². The lowest BCUT2D eigenvalue weighted by molar-refractivity contribution is -0.136. The summed E-state index contributed by atoms with van der Waals surface area (Å²) in [4.78, 5) is 26.0. The molecule has 0 saturated carbocycles. The molecule has 1 N–H and O–H groups in total. The Morgan fingerprint density at radius 2 is 1.93 bits per heavy atom. The first-order valence-corrected chi connectivity index (χ1v) is 9.31. The Morgan fingerprint density at radius 3 is 2.63 bits per heavy atom. The van der Waals surface area contributed by atoms with Crippen LogP contribution in [0.15, 0.2) is 42.6 Å². The summed E-state index contributed by atoms with van der Waals surface area (Å²) < 4.78 is 6.79. The van der Waals surface area contributed by atoms with Crippen LogP contribution >= 0.6 is 0 Å². The van der Waals surface area contributed by atoms with E-state index in [4.69, 9.17) is 4.74 Å². The average molecular weight is 370 g/mol. The largest absolute Gasteiger partial charge is 0.375 e. The van der Waals surface area contributed by atoms with Crippen LogP contribution in [0.4, 0.5) is 5.82 Å². The van der Waals surface area contributed by atoms with Crippen molar-refractivity contribution in [1.29, 1.82) is 0 Å². The molecule has 2 amide bonds. The summed E-state index contributed by atoms with van der Waals surface area (Å²) in [6.45, 7) is 1.47. The van der Waals surface area contributed by atoms with Gasteiger partial charge in [0.2, 0.25) is 11.8 Å². The van der Waals surface area contributed by atoms with Gasteiger partial charge in [0.1, 0.15) is 12.4 Å². The van der Waals surface area contributed by atoms with Gasteiger partial charge in [0.25, 0.3) is 0 Å². The second kappa shape index (κ2) is 9.32. The molecule has 0 bridgehead atoms. The van der Waals surface area contributed by atoms with E-state index in [-0.39, 0.29) is 24.5 Å². The van der Waals surface area contributed by atoms with Crippen molar-refractivity contribution in [2.45, 2.75) is 31.7 Å². The van der Waals surface area contributed by atoms with Crippen molar-refractivity contribution in [3.05, 3.63) is 48.2 Å². The van der Waals surface area contributed by atoms with Gasteiger partial charge in [-0.2, -0.15) is 5.10 Å². The van der Waals surface area contributed by atoms with Gasteiger partial charge in [-0.25, -0.2) is 4.68 Å². The van der Waals surface area contributed by atoms with Gasteiger partial charge in [-0.3, -0.25) is 9.59 Å². The Labute approximate surface area is 159 Å². The normalized spacial score (nSPS) is 14.9. The molecule has 7 heteroatoms. The lowest BCUT2D eigenvalue weighted by atomic mass is 10.1. The lowest BCUT2D eigenvalue weighted by Crippen LogP contribution is -2.41. The fourth-order valence-corrected chi connectivity index (χ4v) is 3.39. The number of ether oxygens (including phenoxy) is 1. The number of nitrogens with zero attached hydrogens (tertiary/aromatic N) is 3. The molecule has 1 fully saturated rings. The van der Waals surface area contributed by atoms with Crippen molar-refractivity contribution < 1.29 is 14.3 Å². The minimum absolute atomic E-state index is 0.0193. The summed E-state index contributed by atoms with van der Waals surface area (Å²) in [7, 11) is 1.53. The molecule has 1 aromatic carbocycles. The number of likely N-dealkylation sites (tertiary alicyclic amines) is 1. The number of methoxy groups -OCH3 is 1. The number of aryl methyl sites for hydroxylation is 1. The van der Waals surface area contributed by atoms with Crippen LogP contribution in [0.3, 0.4) is 0 Å². The molecule has 1 aliphatic heterocycles. The number of anilines is 1. The van der Waals surface area contributed by atoms with Crippen LogP contribution in [0.25, 0.3) is 0 Å². The van der Waals surface area contributed by atoms with Gasteiger partial charge in [0.15, 0.2) is 0 Å². The summed E-state index contributed by atoms with van der Waals surface area (Å²) in [5.41, 5.74) is 1.15. The molecule has 0 spiro atoms. The number of hydrogen-bond donors (Lipinski definition) is 1. The van der Waals surface area contributed by atoms with Crippen molar-refractivity contribution in [3.63, 3.8) is 0 Å². The minimum Gasteiger partial charge on any atom is -0.375 e. The Kier molecular flexibility index (Phi) is 6.59. The SMILES string of the molecule is COCC(=O)N1CCC(n2nccc2NC(=O)CCc2ccccc2)CC1. The number of rotatable bonds is 7. The van der Waals surface area contributed by atoms with Gasteiger partial charge in [0, 0.05) is 32.7 Å². The molecule has 0 atom stereocenters. The summed E-state index contributed by atoms with van der Waals surface area (Å²) in [6, 6.07) is 12.0. The quantitative estimate of drug-likeness (QED) is 0.811. The summed E-state index contributed by atoms with van der Waals surface area (Å²) in [5, 5.41) is 7.36. The summed E-state index contributed by atoms with van der Waals surface area (Å²) in [6.07, 6.45) is 4.46. The van der Waals surface area contributed by atoms with Crippen LogP contribution in [0, 0.1) is 0 Å². The van der Waals surface area contributed by atoms with E-state index < -0.39 is 0 Å². The minimum atomic E-state index is -0.0201. The molecule has 2 aromatic rings. The molecule has 0 radical (unpaired) electrons. The van der Waals surface area contributed by atoms with Gasteiger partial charge >= 0.3 is 0 Å². The van der Waals surface area contributed by atoms with Crippen molar-refractivity contribution in [1.82, 2.24) is 14.7 Å². The van der Waals surface area contributed by atoms with Crippen molar-refractivity contribution in [3.8, 4) is 0 Å². The molecule has 1 aromatic heterocycles. The predicted octanol–water partition coefficient (Wildman–Crippen LogP) is 2.26. The fraction of sp³-hybridized carbons (Fsp3) is 0.450. The maximum atomic E-state index is 12.3. The first-order chi connectivity index (χ1) is 13.2. The third-order valence-electron chi connectivity index (χ3n) is 4.85. The highest BCUT2D eigenvalue weighted by Gasteiger charge is 2.25. The van der Waals surface area contributed by atoms with Crippen molar-refractivity contribution in [2.24, 2.45) is 0 Å². The number of hydrogen-bond acceptors (Lipinski definition) is 4. The molecule has 3 rings (SSSR count). The van der Waals surface area contributed by atoms with E-state index in [1.54, 1.807) is 6.20 Å². The van der Waals surface area contributed by atoms with E-state index in [0.717, 1.165) is 24.2 Å². The smallest absolute Gasteiger partial charge is 0.248 e. The van der Waals surface area contributed by atoms with Crippen LogP contribution in [0.1, 0.15) is 30.9 Å². The number of carbonyl (C=O) groups excluding carboxylic acids is 2. The number of carbonyl (C=O) groups is 2. The highest BCUT2D eigenvalue weighted by Crippen LogP contribution is 2.25. The maximum absolute atomic E-state index is 12.3. The van der Waals surface area contributed by atoms with Gasteiger partial charge in [-0.05, 0) is 24.8 Å². The number of benzene rings is 1. The molecule has 0 aliphatic carbocycles. The second-order valence-electron chi connectivity index (χ2n) is 6.74. The third-order valence-corrected chi connectivity index (χ3v) is 4.85. The lowest BCUT2D eigenvalue weighted by Gasteiger charge is -2.32. The number of aromatic nitrogens is 2. The fourth-order valence-electron chi connectivity index (χ4n) is 3.39. The van der Waals surface area contributed by atoms with E-state index >= 15 is 0 Å². The first kappa shape index (κ1) is 19.1. The van der Waals surface area contributed by atoms with Crippen LogP contribution in [-0.2, 0) is 20.7 Å². The number of nitrogens with one attached hydrogen (secondary N) is 1. The van der Waals surface area contributed by atoms with Crippen LogP contribution in [-0.4, -0.2) is 53.3 Å². The van der Waals surface area contributed by atoms with E-state index in [0.29, 0.717) is 25.9 Å². The summed E-state index contributed by atoms with van der Waals surface area (Å²) >= 11 is 0. The monoisotopic (exact) mass is 370 g/mol. The Bertz CT molecular complexity index is 752. The highest BCUT2D eigenvalue weighted by molar-refractivity contribution is 5.90. The summed E-state index contributed by atoms with van der Waals surface area (Å²) in [5.74, 6) is 0.717. The Balaban J connectivity index is 1.52. The molecule has 0 unspecified atom stereocenters. The van der Waals surface area contributed by atoms with E-state index in [1.807, 2.05) is 46.0 Å². The molecular weight excluding hydrogens is 344 g/mol. The van der Waals surface area contributed by atoms with E-state index in [1.165, 1.54) is 7.11 Å². The van der Waals surface area contributed by atoms with Crippen LogP contribution < -0.4 is 5.32 Å². The molecule has 7 nitrogen and oxygen atoms in total. The van der Waals surface area contributed by atoms with E-state index in [9.17, 15) is 9.59 Å². The zero-order valence-corrected chi connectivity index (χ0v) is 15.6. The average Bonchev–Trinajstić information content (AvgIpc) is 3.15.